The van der Waals surface area contributed by atoms with Crippen LogP contribution in [0, 0.1) is 0 Å². The van der Waals surface area contributed by atoms with Gasteiger partial charge in [-0.3, -0.25) is 9.67 Å². The van der Waals surface area contributed by atoms with E-state index < -0.39 is 0 Å². The Morgan fingerprint density at radius 1 is 1.41 bits per heavy atom. The lowest BCUT2D eigenvalue weighted by atomic mass is 9.96. The fourth-order valence-corrected chi connectivity index (χ4v) is 2.32. The van der Waals surface area contributed by atoms with Crippen molar-refractivity contribution in [1.82, 2.24) is 14.8 Å². The largest absolute Gasteiger partial charge is 0.393 e. The molecule has 1 aliphatic carbocycles. The minimum atomic E-state index is -0.221. The number of fused-ring (bicyclic) bond motifs is 1. The second-order valence-corrected chi connectivity index (χ2v) is 4.49. The van der Waals surface area contributed by atoms with E-state index >= 15 is 0 Å². The Balaban J connectivity index is 1.87. The van der Waals surface area contributed by atoms with Gasteiger partial charge in [0.15, 0.2) is 0 Å². The molecule has 88 valence electrons. The van der Waals surface area contributed by atoms with Crippen molar-refractivity contribution in [2.24, 2.45) is 0 Å². The smallest absolute Gasteiger partial charge is 0.0834 e. The molecule has 0 aromatic carbocycles. The molecular formula is C13H15N3O. The molecule has 1 atom stereocenters. The van der Waals surface area contributed by atoms with Crippen molar-refractivity contribution < 1.29 is 5.11 Å². The number of hydrogen-bond donors (Lipinski definition) is 1. The van der Waals surface area contributed by atoms with Crippen LogP contribution < -0.4 is 0 Å². The second kappa shape index (κ2) is 4.30. The van der Waals surface area contributed by atoms with Gasteiger partial charge in [-0.1, -0.05) is 6.07 Å². The predicted molar refractivity (Wildman–Crippen MR) is 63.6 cm³/mol. The molecule has 0 radical (unpaired) electrons. The topological polar surface area (TPSA) is 50.9 Å². The lowest BCUT2D eigenvalue weighted by Crippen LogP contribution is -2.21. The zero-order valence-electron chi connectivity index (χ0n) is 9.58. The van der Waals surface area contributed by atoms with Crippen LogP contribution in [0.3, 0.4) is 0 Å². The molecule has 1 aliphatic rings. The van der Waals surface area contributed by atoms with Crippen LogP contribution in [0.1, 0.15) is 23.4 Å². The molecule has 2 aromatic rings. The summed E-state index contributed by atoms with van der Waals surface area (Å²) in [5.41, 5.74) is 3.43. The van der Waals surface area contributed by atoms with Crippen LogP contribution in [0.15, 0.2) is 30.6 Å². The van der Waals surface area contributed by atoms with Gasteiger partial charge in [-0.15, -0.1) is 0 Å². The normalized spacial score (nSPS) is 19.0. The van der Waals surface area contributed by atoms with Crippen molar-refractivity contribution in [2.45, 2.75) is 31.9 Å². The Morgan fingerprint density at radius 2 is 2.35 bits per heavy atom. The van der Waals surface area contributed by atoms with Gasteiger partial charge in [0.1, 0.15) is 0 Å². The predicted octanol–water partition coefficient (Wildman–Crippen LogP) is 1.18. The first kappa shape index (κ1) is 10.5. The molecule has 17 heavy (non-hydrogen) atoms. The molecule has 0 amide bonds. The number of aliphatic hydroxyl groups is 1. The first-order valence-corrected chi connectivity index (χ1v) is 5.94. The molecule has 1 unspecified atom stereocenters. The van der Waals surface area contributed by atoms with Gasteiger partial charge in [-0.2, -0.15) is 5.10 Å². The molecule has 0 saturated carbocycles. The van der Waals surface area contributed by atoms with Gasteiger partial charge in [0.05, 0.1) is 24.5 Å². The third-order valence-electron chi connectivity index (χ3n) is 3.25. The van der Waals surface area contributed by atoms with E-state index in [2.05, 4.69) is 10.1 Å². The molecule has 0 bridgehead atoms. The van der Waals surface area contributed by atoms with Crippen LogP contribution in [0.25, 0.3) is 0 Å². The van der Waals surface area contributed by atoms with E-state index in [4.69, 9.17) is 0 Å². The molecule has 0 spiro atoms. The van der Waals surface area contributed by atoms with E-state index in [1.165, 1.54) is 5.56 Å². The second-order valence-electron chi connectivity index (χ2n) is 4.49. The van der Waals surface area contributed by atoms with E-state index in [1.807, 2.05) is 29.1 Å². The average molecular weight is 229 g/mol. The van der Waals surface area contributed by atoms with Gasteiger partial charge in [0, 0.05) is 18.3 Å². The van der Waals surface area contributed by atoms with E-state index in [0.29, 0.717) is 13.0 Å². The van der Waals surface area contributed by atoms with E-state index in [9.17, 15) is 5.11 Å². The summed E-state index contributed by atoms with van der Waals surface area (Å²) >= 11 is 0. The number of aliphatic hydroxyl groups excluding tert-OH is 1. The fraction of sp³-hybridized carbons (Fsp3) is 0.385. The van der Waals surface area contributed by atoms with Crippen LogP contribution in [-0.4, -0.2) is 26.0 Å². The quantitative estimate of drug-likeness (QED) is 0.841. The molecule has 2 heterocycles. The van der Waals surface area contributed by atoms with Crippen molar-refractivity contribution in [3.8, 4) is 0 Å². The summed E-state index contributed by atoms with van der Waals surface area (Å²) in [5, 5.41) is 14.1. The van der Waals surface area contributed by atoms with E-state index in [0.717, 1.165) is 24.2 Å². The van der Waals surface area contributed by atoms with Crippen LogP contribution in [-0.2, 0) is 19.4 Å². The Kier molecular flexibility index (Phi) is 2.65. The summed E-state index contributed by atoms with van der Waals surface area (Å²) < 4.78 is 1.96. The van der Waals surface area contributed by atoms with Crippen LogP contribution in [0.5, 0.6) is 0 Å². The van der Waals surface area contributed by atoms with Crippen molar-refractivity contribution in [1.29, 1.82) is 0 Å². The summed E-state index contributed by atoms with van der Waals surface area (Å²) in [6.07, 6.45) is 5.98. The summed E-state index contributed by atoms with van der Waals surface area (Å²) in [6, 6.07) is 5.88. The zero-order chi connectivity index (χ0) is 11.7. The first-order valence-electron chi connectivity index (χ1n) is 5.94. The summed E-state index contributed by atoms with van der Waals surface area (Å²) in [4.78, 5) is 4.30. The number of nitrogens with zero attached hydrogens (tertiary/aromatic N) is 3. The highest BCUT2D eigenvalue weighted by atomic mass is 16.3. The minimum absolute atomic E-state index is 0.221. The van der Waals surface area contributed by atoms with Gasteiger partial charge in [-0.05, 0) is 30.5 Å². The average Bonchev–Trinajstić information content (AvgIpc) is 2.73. The Labute approximate surface area is 99.9 Å². The van der Waals surface area contributed by atoms with E-state index in [1.54, 1.807) is 6.20 Å². The van der Waals surface area contributed by atoms with Crippen molar-refractivity contribution >= 4 is 0 Å². The number of hydrogen-bond acceptors (Lipinski definition) is 3. The van der Waals surface area contributed by atoms with E-state index in [-0.39, 0.29) is 6.10 Å². The molecule has 4 heteroatoms. The minimum Gasteiger partial charge on any atom is -0.393 e. The third-order valence-corrected chi connectivity index (χ3v) is 3.25. The monoisotopic (exact) mass is 229 g/mol. The summed E-state index contributed by atoms with van der Waals surface area (Å²) in [6.45, 7) is 0.683. The Morgan fingerprint density at radius 3 is 3.18 bits per heavy atom. The van der Waals surface area contributed by atoms with Crippen LogP contribution in [0.2, 0.25) is 0 Å². The van der Waals surface area contributed by atoms with Crippen molar-refractivity contribution in [3.05, 3.63) is 47.5 Å². The van der Waals surface area contributed by atoms with Crippen LogP contribution in [0.4, 0.5) is 0 Å². The molecule has 2 aromatic heterocycles. The highest BCUT2D eigenvalue weighted by Crippen LogP contribution is 2.21. The first-order chi connectivity index (χ1) is 8.33. The summed E-state index contributed by atoms with van der Waals surface area (Å²) in [7, 11) is 0. The molecule has 1 N–H and O–H groups in total. The molecule has 0 aliphatic heterocycles. The third kappa shape index (κ3) is 2.08. The maximum Gasteiger partial charge on any atom is 0.0834 e. The van der Waals surface area contributed by atoms with Crippen molar-refractivity contribution in [2.75, 3.05) is 0 Å². The number of aromatic nitrogens is 3. The number of aryl methyl sites for hydroxylation is 1. The standard InChI is InChI=1S/C13H15N3O/c17-12-5-4-10-8-15-16(13(10)7-12)9-11-3-1-2-6-14-11/h1-3,6,8,12,17H,4-5,7,9H2. The molecular weight excluding hydrogens is 214 g/mol. The Bertz CT molecular complexity index is 507. The summed E-state index contributed by atoms with van der Waals surface area (Å²) in [5.74, 6) is 0. The fourth-order valence-electron chi connectivity index (χ4n) is 2.32. The van der Waals surface area contributed by atoms with Gasteiger partial charge in [-0.25, -0.2) is 0 Å². The SMILES string of the molecule is OC1CCc2cnn(Cc3ccccn3)c2C1. The number of rotatable bonds is 2. The molecule has 4 nitrogen and oxygen atoms in total. The maximum absolute atomic E-state index is 9.71. The maximum atomic E-state index is 9.71. The van der Waals surface area contributed by atoms with Gasteiger partial charge in [0.2, 0.25) is 0 Å². The lowest BCUT2D eigenvalue weighted by molar-refractivity contribution is 0.155. The zero-order valence-corrected chi connectivity index (χ0v) is 9.58. The van der Waals surface area contributed by atoms with Gasteiger partial charge < -0.3 is 5.11 Å². The molecule has 0 saturated heterocycles. The van der Waals surface area contributed by atoms with Gasteiger partial charge in [0.25, 0.3) is 0 Å². The Hall–Kier alpha value is -1.68. The molecule has 3 rings (SSSR count). The highest BCUT2D eigenvalue weighted by molar-refractivity contribution is 5.22. The van der Waals surface area contributed by atoms with Crippen molar-refractivity contribution in [3.63, 3.8) is 0 Å². The van der Waals surface area contributed by atoms with Gasteiger partial charge >= 0.3 is 0 Å². The highest BCUT2D eigenvalue weighted by Gasteiger charge is 2.20. The number of pyridine rings is 1. The molecule has 0 fully saturated rings. The lowest BCUT2D eigenvalue weighted by Gasteiger charge is -2.18. The van der Waals surface area contributed by atoms with Crippen LogP contribution >= 0.6 is 0 Å².